The predicted octanol–water partition coefficient (Wildman–Crippen LogP) is 18.7. The van der Waals surface area contributed by atoms with Gasteiger partial charge in [-0.15, -0.1) is 0 Å². The van der Waals surface area contributed by atoms with Crippen molar-refractivity contribution in [3.05, 3.63) is 248 Å². The van der Waals surface area contributed by atoms with Crippen molar-refractivity contribution in [1.82, 2.24) is 0 Å². The number of allylic oxidation sites excluding steroid dienone is 4. The van der Waals surface area contributed by atoms with Crippen molar-refractivity contribution in [1.29, 1.82) is 0 Å². The van der Waals surface area contributed by atoms with Gasteiger partial charge in [-0.2, -0.15) is 0 Å². The zero-order valence-electron chi connectivity index (χ0n) is 36.5. The molecule has 0 saturated heterocycles. The summed E-state index contributed by atoms with van der Waals surface area (Å²) >= 11 is 0. The number of hydrogen-bond acceptors (Lipinski definition) is 0. The van der Waals surface area contributed by atoms with Gasteiger partial charge in [0.15, 0.2) is 0 Å². The van der Waals surface area contributed by atoms with Crippen LogP contribution < -0.4 is 0 Å². The summed E-state index contributed by atoms with van der Waals surface area (Å²) in [7, 11) is 0. The van der Waals surface area contributed by atoms with E-state index in [4.69, 9.17) is 0 Å². The van der Waals surface area contributed by atoms with Crippen molar-refractivity contribution in [2.75, 3.05) is 0 Å². The Bertz CT molecular complexity index is 3920. The van der Waals surface area contributed by atoms with Gasteiger partial charge >= 0.3 is 0 Å². The molecule has 66 heavy (non-hydrogen) atoms. The van der Waals surface area contributed by atoms with Gasteiger partial charge in [0.2, 0.25) is 0 Å². The minimum Gasteiger partial charge on any atom is -0.0836 e. The van der Waals surface area contributed by atoms with Crippen molar-refractivity contribution in [3.63, 3.8) is 0 Å². The molecule has 12 aromatic carbocycles. The Kier molecular flexibility index (Phi) is 9.10. The summed E-state index contributed by atoms with van der Waals surface area (Å²) in [5.74, 6) is 0. The second-order valence-electron chi connectivity index (χ2n) is 17.7. The Hall–Kier alpha value is -8.32. The summed E-state index contributed by atoms with van der Waals surface area (Å²) in [6.45, 7) is 0. The van der Waals surface area contributed by atoms with Crippen molar-refractivity contribution >= 4 is 70.2 Å². The van der Waals surface area contributed by atoms with E-state index in [0.29, 0.717) is 0 Å². The highest BCUT2D eigenvalue weighted by molar-refractivity contribution is 6.33. The van der Waals surface area contributed by atoms with Crippen molar-refractivity contribution in [2.24, 2.45) is 0 Å². The van der Waals surface area contributed by atoms with Crippen LogP contribution in [0.25, 0.3) is 126 Å². The standard InChI is InChI=1S/C66H44/c1-7-23-43(24-8-1)61-51-37-21-22-38-52(51)62(44-25-9-2-10-26-44)58-41-55-53(39-57(58)61)49-35-19-20-36-50(49)54-40-59-60(42-56(54)55)64(46-29-13-4-14-30-46)66(48-33-17-6-18-34-48)65(47-31-15-5-16-32-47)63(59)45-27-11-3-12-28-45/h1-4,6-15,17-42H,5,16H2. The third-order valence-corrected chi connectivity index (χ3v) is 14.0. The maximum Gasteiger partial charge on any atom is -0.00142 e. The fraction of sp³-hybridized carbons (Fsp3) is 0.0303. The van der Waals surface area contributed by atoms with E-state index in [0.717, 1.165) is 12.8 Å². The molecule has 0 radical (unpaired) electrons. The minimum atomic E-state index is 1.02. The molecule has 0 nitrogen and oxygen atoms in total. The molecular weight excluding hydrogens is 793 g/mol. The van der Waals surface area contributed by atoms with Crippen LogP contribution in [-0.2, 0) is 0 Å². The Balaban J connectivity index is 1.29. The van der Waals surface area contributed by atoms with Gasteiger partial charge in [-0.1, -0.05) is 218 Å². The lowest BCUT2D eigenvalue weighted by Crippen LogP contribution is -2.01. The van der Waals surface area contributed by atoms with Crippen LogP contribution in [-0.4, -0.2) is 0 Å². The van der Waals surface area contributed by atoms with E-state index in [2.05, 4.69) is 243 Å². The van der Waals surface area contributed by atoms with Gasteiger partial charge in [0.05, 0.1) is 0 Å². The van der Waals surface area contributed by atoms with Crippen LogP contribution in [0.4, 0.5) is 0 Å². The van der Waals surface area contributed by atoms with Gasteiger partial charge in [0, 0.05) is 0 Å². The quantitative estimate of drug-likeness (QED) is 0.116. The summed E-state index contributed by atoms with van der Waals surface area (Å²) in [5, 5.41) is 15.1. The minimum absolute atomic E-state index is 1.02. The zero-order valence-corrected chi connectivity index (χ0v) is 36.5. The van der Waals surface area contributed by atoms with E-state index in [-0.39, 0.29) is 0 Å². The molecule has 0 heteroatoms. The number of benzene rings is 12. The highest BCUT2D eigenvalue weighted by Gasteiger charge is 2.27. The molecule has 1 aliphatic rings. The van der Waals surface area contributed by atoms with Crippen LogP contribution in [0.3, 0.4) is 0 Å². The molecule has 0 aliphatic heterocycles. The third-order valence-electron chi connectivity index (χ3n) is 14.0. The fourth-order valence-corrected chi connectivity index (χ4v) is 11.2. The number of hydrogen-bond donors (Lipinski definition) is 0. The first-order valence-electron chi connectivity index (χ1n) is 23.2. The van der Waals surface area contributed by atoms with Crippen LogP contribution in [0.15, 0.2) is 243 Å². The van der Waals surface area contributed by atoms with Gasteiger partial charge in [-0.25, -0.2) is 0 Å². The van der Waals surface area contributed by atoms with Gasteiger partial charge < -0.3 is 0 Å². The highest BCUT2D eigenvalue weighted by Crippen LogP contribution is 2.53. The first kappa shape index (κ1) is 38.2. The second-order valence-corrected chi connectivity index (χ2v) is 17.7. The largest absolute Gasteiger partial charge is 0.0836 e. The van der Waals surface area contributed by atoms with E-state index in [1.54, 1.807) is 0 Å². The zero-order chi connectivity index (χ0) is 43.6. The van der Waals surface area contributed by atoms with E-state index in [1.165, 1.54) is 131 Å². The predicted molar refractivity (Wildman–Crippen MR) is 285 cm³/mol. The summed E-state index contributed by atoms with van der Waals surface area (Å²) in [6, 6.07) is 83.6. The summed E-state index contributed by atoms with van der Waals surface area (Å²) < 4.78 is 0. The van der Waals surface area contributed by atoms with Crippen molar-refractivity contribution in [2.45, 2.75) is 12.8 Å². The molecule has 0 N–H and O–H groups in total. The van der Waals surface area contributed by atoms with E-state index in [1.807, 2.05) is 0 Å². The van der Waals surface area contributed by atoms with Crippen molar-refractivity contribution in [3.8, 4) is 55.6 Å². The third kappa shape index (κ3) is 6.06. The number of rotatable bonds is 6. The van der Waals surface area contributed by atoms with Gasteiger partial charge in [0.1, 0.15) is 0 Å². The topological polar surface area (TPSA) is 0 Å². The lowest BCUT2D eigenvalue weighted by molar-refractivity contribution is 1.04. The molecule has 13 rings (SSSR count). The van der Waals surface area contributed by atoms with E-state index >= 15 is 0 Å². The summed E-state index contributed by atoms with van der Waals surface area (Å²) in [6.07, 6.45) is 9.25. The average Bonchev–Trinajstić information content (AvgIpc) is 3.40. The molecular formula is C66H44. The molecule has 0 saturated carbocycles. The monoisotopic (exact) mass is 836 g/mol. The molecule has 0 aromatic heterocycles. The molecule has 0 fully saturated rings. The van der Waals surface area contributed by atoms with E-state index < -0.39 is 0 Å². The second kappa shape index (κ2) is 15.7. The molecule has 308 valence electrons. The maximum atomic E-state index is 2.56. The molecule has 0 heterocycles. The molecule has 1 aliphatic carbocycles. The lowest BCUT2D eigenvalue weighted by Gasteiger charge is -2.26. The molecule has 0 spiro atoms. The molecule has 12 aromatic rings. The first-order valence-corrected chi connectivity index (χ1v) is 23.2. The van der Waals surface area contributed by atoms with Crippen LogP contribution >= 0.6 is 0 Å². The average molecular weight is 837 g/mol. The van der Waals surface area contributed by atoms with Crippen molar-refractivity contribution < 1.29 is 0 Å². The van der Waals surface area contributed by atoms with Crippen LogP contribution in [0.2, 0.25) is 0 Å². The Morgan fingerprint density at radius 1 is 0.212 bits per heavy atom. The molecule has 0 unspecified atom stereocenters. The lowest BCUT2D eigenvalue weighted by atomic mass is 9.77. The normalized spacial score (nSPS) is 12.8. The summed E-state index contributed by atoms with van der Waals surface area (Å²) in [4.78, 5) is 0. The van der Waals surface area contributed by atoms with E-state index in [9.17, 15) is 0 Å². The smallest absolute Gasteiger partial charge is 0.00142 e. The Morgan fingerprint density at radius 2 is 0.515 bits per heavy atom. The fourth-order valence-electron chi connectivity index (χ4n) is 11.2. The molecule has 0 atom stereocenters. The SMILES string of the molecule is C1=CC(c2c(-c3ccccc3)c(-c3ccccc3)c3cc4c(cc3c2-c2ccccc2)c2ccccc2c2cc3c(-c5ccccc5)c5ccccc5c(-c5ccccc5)c3cc42)=CCC1. The first-order chi connectivity index (χ1) is 32.8. The van der Waals surface area contributed by atoms with Gasteiger partial charge in [0.25, 0.3) is 0 Å². The van der Waals surface area contributed by atoms with Crippen LogP contribution in [0.5, 0.6) is 0 Å². The summed E-state index contributed by atoms with van der Waals surface area (Å²) in [5.41, 5.74) is 15.0. The van der Waals surface area contributed by atoms with Gasteiger partial charge in [-0.3, -0.25) is 0 Å². The molecule has 0 bridgehead atoms. The van der Waals surface area contributed by atoms with Crippen LogP contribution in [0, 0.1) is 0 Å². The Labute approximate surface area is 385 Å². The van der Waals surface area contributed by atoms with Crippen LogP contribution in [0.1, 0.15) is 18.4 Å². The van der Waals surface area contributed by atoms with Gasteiger partial charge in [-0.05, 0) is 169 Å². The maximum absolute atomic E-state index is 2.56. The number of fused-ring (bicyclic) bond motifs is 9. The molecule has 0 amide bonds. The Morgan fingerprint density at radius 3 is 0.894 bits per heavy atom. The highest BCUT2D eigenvalue weighted by atomic mass is 14.3.